The predicted octanol–water partition coefficient (Wildman–Crippen LogP) is 3.73. The molecule has 2 aromatic heterocycles. The Morgan fingerprint density at radius 2 is 2.06 bits per heavy atom. The molecule has 1 saturated heterocycles. The van der Waals surface area contributed by atoms with Gasteiger partial charge in [0, 0.05) is 42.5 Å². The average Bonchev–Trinajstić information content (AvgIpc) is 3.51. The molecule has 1 amide bonds. The third-order valence-electron chi connectivity index (χ3n) is 6.45. The normalized spacial score (nSPS) is 19.5. The maximum Gasteiger partial charge on any atom is 0.423 e. The van der Waals surface area contributed by atoms with E-state index in [4.69, 9.17) is 0 Å². The number of aliphatic hydroxyl groups excluding tert-OH is 1. The molecule has 1 aromatic carbocycles. The first-order valence-corrected chi connectivity index (χ1v) is 10.6. The van der Waals surface area contributed by atoms with Gasteiger partial charge in [-0.05, 0) is 72.3 Å². The molecule has 1 unspecified atom stereocenters. The van der Waals surface area contributed by atoms with E-state index in [-0.39, 0.29) is 19.1 Å². The zero-order chi connectivity index (χ0) is 22.6. The fourth-order valence-corrected chi connectivity index (χ4v) is 4.73. The van der Waals surface area contributed by atoms with Crippen LogP contribution in [0, 0.1) is 6.92 Å². The van der Waals surface area contributed by atoms with Crippen LogP contribution in [0.1, 0.15) is 41.1 Å². The average molecular weight is 444 g/mol. The van der Waals surface area contributed by atoms with Crippen LogP contribution in [0.4, 0.5) is 13.2 Å². The van der Waals surface area contributed by atoms with Gasteiger partial charge < -0.3 is 20.3 Å². The van der Waals surface area contributed by atoms with Crippen LogP contribution in [-0.4, -0.2) is 44.7 Å². The first kappa shape index (κ1) is 21.0. The van der Waals surface area contributed by atoms with Gasteiger partial charge in [0.15, 0.2) is 0 Å². The van der Waals surface area contributed by atoms with Crippen molar-refractivity contribution in [3.8, 4) is 11.1 Å². The van der Waals surface area contributed by atoms with Crippen LogP contribution < -0.4 is 5.32 Å². The molecule has 5 rings (SSSR count). The van der Waals surface area contributed by atoms with Crippen LogP contribution in [0.15, 0.2) is 30.6 Å². The Balaban J connectivity index is 1.55. The molecule has 2 aliphatic heterocycles. The van der Waals surface area contributed by atoms with Gasteiger partial charge >= 0.3 is 6.18 Å². The van der Waals surface area contributed by atoms with Crippen LogP contribution in [-0.2, 0) is 17.9 Å². The Morgan fingerprint density at radius 3 is 2.78 bits per heavy atom. The van der Waals surface area contributed by atoms with Crippen molar-refractivity contribution in [1.29, 1.82) is 0 Å². The van der Waals surface area contributed by atoms with Crippen molar-refractivity contribution in [2.24, 2.45) is 0 Å². The summed E-state index contributed by atoms with van der Waals surface area (Å²) in [6.07, 6.45) is -2.39. The zero-order valence-electron chi connectivity index (χ0n) is 17.5. The van der Waals surface area contributed by atoms with Crippen LogP contribution >= 0.6 is 0 Å². The highest BCUT2D eigenvalue weighted by molar-refractivity contribution is 5.85. The Bertz CT molecular complexity index is 1200. The molecule has 6 nitrogen and oxygen atoms in total. The number of aromatic nitrogens is 2. The largest absolute Gasteiger partial charge is 0.423 e. The maximum atomic E-state index is 12.9. The number of alkyl halides is 3. The van der Waals surface area contributed by atoms with Gasteiger partial charge in [0.25, 0.3) is 5.91 Å². The number of aromatic amines is 1. The first-order valence-electron chi connectivity index (χ1n) is 10.6. The molecule has 3 N–H and O–H groups in total. The van der Waals surface area contributed by atoms with E-state index in [9.17, 15) is 23.1 Å². The fraction of sp³-hybridized carbons (Fsp3) is 0.391. The lowest BCUT2D eigenvalue weighted by molar-refractivity contribution is -0.211. The number of hydrogen-bond donors (Lipinski definition) is 3. The number of fused-ring (bicyclic) bond motifs is 2. The Kier molecular flexibility index (Phi) is 4.98. The Labute approximate surface area is 182 Å². The standard InChI is InChI=1S/C23H23F3N4O2/c1-12-8-28-21-16(12)7-14(9-29-21)13-5-15-10-30(22(32)20(31)23(24,25)26)11-18(15)17(6-13)19-3-2-4-27-19/h5-9,19-20,27,31H,2-4,10-11H2,1H3,(H,28,29)/t19-,20?/m0/s1. The number of carbonyl (C=O) groups excluding carboxylic acids is 1. The number of pyridine rings is 1. The molecule has 0 radical (unpaired) electrons. The molecule has 0 spiro atoms. The first-order chi connectivity index (χ1) is 15.2. The quantitative estimate of drug-likeness (QED) is 0.575. The highest BCUT2D eigenvalue weighted by Gasteiger charge is 2.46. The van der Waals surface area contributed by atoms with Gasteiger partial charge in [0.05, 0.1) is 0 Å². The van der Waals surface area contributed by atoms with Crippen LogP contribution in [0.5, 0.6) is 0 Å². The summed E-state index contributed by atoms with van der Waals surface area (Å²) >= 11 is 0. The number of aliphatic hydroxyl groups is 1. The van der Waals surface area contributed by atoms with Crippen molar-refractivity contribution < 1.29 is 23.1 Å². The highest BCUT2D eigenvalue weighted by atomic mass is 19.4. The molecule has 9 heteroatoms. The van der Waals surface area contributed by atoms with Crippen molar-refractivity contribution in [2.75, 3.05) is 6.54 Å². The number of aryl methyl sites for hydroxylation is 1. The molecule has 4 heterocycles. The topological polar surface area (TPSA) is 81.2 Å². The van der Waals surface area contributed by atoms with Gasteiger partial charge in [-0.15, -0.1) is 0 Å². The fourth-order valence-electron chi connectivity index (χ4n) is 4.73. The summed E-state index contributed by atoms with van der Waals surface area (Å²) in [5.74, 6) is -1.31. The number of nitrogens with zero attached hydrogens (tertiary/aromatic N) is 2. The van der Waals surface area contributed by atoms with Crippen LogP contribution in [0.25, 0.3) is 22.2 Å². The number of hydrogen-bond acceptors (Lipinski definition) is 4. The van der Waals surface area contributed by atoms with E-state index in [1.54, 1.807) is 6.20 Å². The van der Waals surface area contributed by atoms with E-state index in [0.29, 0.717) is 0 Å². The lowest BCUT2D eigenvalue weighted by Crippen LogP contribution is -2.44. The van der Waals surface area contributed by atoms with Gasteiger partial charge in [0.2, 0.25) is 6.10 Å². The SMILES string of the molecule is Cc1c[nH]c2ncc(-c3cc4c(c([C@@H]5CCCN5)c3)CN(C(=O)C(O)C(F)(F)F)C4)cc12. The van der Waals surface area contributed by atoms with Gasteiger partial charge in [-0.1, -0.05) is 0 Å². The Hall–Kier alpha value is -2.91. The predicted molar refractivity (Wildman–Crippen MR) is 113 cm³/mol. The number of H-pyrrole nitrogens is 1. The third-order valence-corrected chi connectivity index (χ3v) is 6.45. The van der Waals surface area contributed by atoms with E-state index < -0.39 is 18.2 Å². The minimum atomic E-state index is -4.98. The smallest absolute Gasteiger partial charge is 0.376 e. The molecule has 0 bridgehead atoms. The zero-order valence-corrected chi connectivity index (χ0v) is 17.5. The van der Waals surface area contributed by atoms with Crippen molar-refractivity contribution in [1.82, 2.24) is 20.2 Å². The number of halogens is 3. The van der Waals surface area contributed by atoms with E-state index in [1.807, 2.05) is 25.3 Å². The summed E-state index contributed by atoms with van der Waals surface area (Å²) in [6.45, 7) is 2.96. The minimum Gasteiger partial charge on any atom is -0.376 e. The van der Waals surface area contributed by atoms with Gasteiger partial charge in [-0.25, -0.2) is 4.98 Å². The van der Waals surface area contributed by atoms with E-state index in [2.05, 4.69) is 21.4 Å². The molecule has 1 fully saturated rings. The summed E-state index contributed by atoms with van der Waals surface area (Å²) < 4.78 is 38.7. The summed E-state index contributed by atoms with van der Waals surface area (Å²) in [4.78, 5) is 21.0. The number of nitrogens with one attached hydrogen (secondary N) is 2. The van der Waals surface area contributed by atoms with Gasteiger partial charge in [-0.3, -0.25) is 4.79 Å². The molecule has 0 aliphatic carbocycles. The van der Waals surface area contributed by atoms with E-state index in [1.165, 1.54) is 0 Å². The third kappa shape index (κ3) is 3.55. The summed E-state index contributed by atoms with van der Waals surface area (Å²) in [7, 11) is 0. The summed E-state index contributed by atoms with van der Waals surface area (Å²) in [6, 6.07) is 6.11. The Morgan fingerprint density at radius 1 is 1.25 bits per heavy atom. The molecule has 2 atom stereocenters. The molecule has 0 saturated carbocycles. The van der Waals surface area contributed by atoms with Gasteiger partial charge in [0.1, 0.15) is 5.65 Å². The van der Waals surface area contributed by atoms with Crippen molar-refractivity contribution >= 4 is 16.9 Å². The number of carbonyl (C=O) groups is 1. The van der Waals surface area contributed by atoms with Crippen molar-refractivity contribution in [3.05, 3.63) is 52.8 Å². The maximum absolute atomic E-state index is 12.9. The number of rotatable bonds is 3. The molecule has 2 aliphatic rings. The highest BCUT2D eigenvalue weighted by Crippen LogP contribution is 2.38. The second kappa shape index (κ2) is 7.60. The van der Waals surface area contributed by atoms with E-state index >= 15 is 0 Å². The lowest BCUT2D eigenvalue weighted by atomic mass is 9.91. The molecular formula is C23H23F3N4O2. The monoisotopic (exact) mass is 444 g/mol. The molecule has 3 aromatic rings. The molecule has 168 valence electrons. The second-order valence-corrected chi connectivity index (χ2v) is 8.58. The molecule has 32 heavy (non-hydrogen) atoms. The van der Waals surface area contributed by atoms with Crippen LogP contribution in [0.3, 0.4) is 0 Å². The van der Waals surface area contributed by atoms with E-state index in [0.717, 1.165) is 68.7 Å². The van der Waals surface area contributed by atoms with Crippen molar-refractivity contribution in [2.45, 2.75) is 51.2 Å². The summed E-state index contributed by atoms with van der Waals surface area (Å²) in [5, 5.41) is 13.9. The number of amides is 1. The second-order valence-electron chi connectivity index (χ2n) is 8.58. The van der Waals surface area contributed by atoms with Crippen molar-refractivity contribution in [3.63, 3.8) is 0 Å². The minimum absolute atomic E-state index is 0.0354. The summed E-state index contributed by atoms with van der Waals surface area (Å²) in [5.41, 5.74) is 6.35. The van der Waals surface area contributed by atoms with Crippen LogP contribution in [0.2, 0.25) is 0 Å². The lowest BCUT2D eigenvalue weighted by Gasteiger charge is -2.21. The molecular weight excluding hydrogens is 421 g/mol. The number of benzene rings is 1. The van der Waals surface area contributed by atoms with Gasteiger partial charge in [-0.2, -0.15) is 13.2 Å².